The summed E-state index contributed by atoms with van der Waals surface area (Å²) in [4.78, 5) is 17.5. The van der Waals surface area contributed by atoms with Crippen LogP contribution in [0.1, 0.15) is 13.8 Å². The van der Waals surface area contributed by atoms with E-state index in [1.165, 1.54) is 4.90 Å². The second-order valence-corrected chi connectivity index (χ2v) is 6.55. The van der Waals surface area contributed by atoms with E-state index in [-0.39, 0.29) is 12.5 Å². The number of hydrogen-bond acceptors (Lipinski definition) is 4. The lowest BCUT2D eigenvalue weighted by molar-refractivity contribution is -0.158. The van der Waals surface area contributed by atoms with E-state index >= 15 is 0 Å². The monoisotopic (exact) mass is 323 g/mol. The second-order valence-electron chi connectivity index (χ2n) is 6.55. The summed E-state index contributed by atoms with van der Waals surface area (Å²) in [7, 11) is 0. The molecule has 0 aromatic rings. The fourth-order valence-corrected chi connectivity index (χ4v) is 3.05. The summed E-state index contributed by atoms with van der Waals surface area (Å²) in [5, 5.41) is 0. The fraction of sp³-hybridized carbons (Fsp3) is 0.929. The molecule has 2 saturated heterocycles. The number of piperazine rings is 1. The Morgan fingerprint density at radius 1 is 1.14 bits per heavy atom. The highest BCUT2D eigenvalue weighted by Gasteiger charge is 2.39. The van der Waals surface area contributed by atoms with Crippen LogP contribution in [0.3, 0.4) is 0 Å². The molecule has 0 aromatic heterocycles. The number of alkyl halides is 3. The highest BCUT2D eigenvalue weighted by atomic mass is 19.4. The van der Waals surface area contributed by atoms with Crippen LogP contribution in [-0.2, 0) is 9.53 Å². The number of amides is 1. The molecule has 1 amide bonds. The normalized spacial score (nSPS) is 24.5. The highest BCUT2D eigenvalue weighted by molar-refractivity contribution is 5.78. The van der Waals surface area contributed by atoms with Crippen LogP contribution in [0.4, 0.5) is 13.2 Å². The predicted molar refractivity (Wildman–Crippen MR) is 75.5 cm³/mol. The zero-order chi connectivity index (χ0) is 16.4. The van der Waals surface area contributed by atoms with Gasteiger partial charge in [0.1, 0.15) is 0 Å². The SMILES string of the molecule is CC1(C)CN(CC(F)(F)F)CCN1CC(=O)N1CCOCC1. The molecule has 0 spiro atoms. The van der Waals surface area contributed by atoms with Crippen molar-refractivity contribution >= 4 is 5.91 Å². The molecular weight excluding hydrogens is 299 g/mol. The van der Waals surface area contributed by atoms with Gasteiger partial charge in [0.05, 0.1) is 26.3 Å². The third-order valence-electron chi connectivity index (χ3n) is 4.25. The second kappa shape index (κ2) is 6.72. The summed E-state index contributed by atoms with van der Waals surface area (Å²) in [6, 6.07) is 0. The maximum atomic E-state index is 12.5. The average molecular weight is 323 g/mol. The number of nitrogens with zero attached hydrogens (tertiary/aromatic N) is 3. The molecule has 0 aliphatic carbocycles. The molecule has 2 heterocycles. The lowest BCUT2D eigenvalue weighted by atomic mass is 9.98. The molecule has 2 fully saturated rings. The molecule has 0 unspecified atom stereocenters. The Kier molecular flexibility index (Phi) is 5.34. The number of carbonyl (C=O) groups is 1. The van der Waals surface area contributed by atoms with Gasteiger partial charge >= 0.3 is 6.18 Å². The lowest BCUT2D eigenvalue weighted by Crippen LogP contribution is -2.62. The van der Waals surface area contributed by atoms with Crippen molar-refractivity contribution in [3.05, 3.63) is 0 Å². The molecule has 8 heteroatoms. The van der Waals surface area contributed by atoms with Gasteiger partial charge in [-0.3, -0.25) is 14.6 Å². The topological polar surface area (TPSA) is 36.0 Å². The van der Waals surface area contributed by atoms with Crippen LogP contribution in [0.5, 0.6) is 0 Å². The van der Waals surface area contributed by atoms with Crippen molar-refractivity contribution in [1.29, 1.82) is 0 Å². The standard InChI is InChI=1S/C14H24F3N3O2/c1-13(2)10-18(11-14(15,16)17)3-4-20(13)9-12(21)19-5-7-22-8-6-19/h3-11H2,1-2H3. The molecule has 0 N–H and O–H groups in total. The molecule has 2 aliphatic rings. The molecule has 2 aliphatic heterocycles. The Balaban J connectivity index is 1.88. The Hall–Kier alpha value is -0.860. The molecule has 0 atom stereocenters. The first-order valence-electron chi connectivity index (χ1n) is 7.57. The van der Waals surface area contributed by atoms with E-state index in [1.54, 1.807) is 4.90 Å². The number of halogens is 3. The van der Waals surface area contributed by atoms with Crippen molar-refractivity contribution in [2.75, 3.05) is 59.0 Å². The fourth-order valence-electron chi connectivity index (χ4n) is 3.05. The minimum atomic E-state index is -4.18. The van der Waals surface area contributed by atoms with Gasteiger partial charge in [-0.15, -0.1) is 0 Å². The Bertz CT molecular complexity index is 395. The number of ether oxygens (including phenoxy) is 1. The first kappa shape index (κ1) is 17.5. The van der Waals surface area contributed by atoms with Crippen molar-refractivity contribution in [2.45, 2.75) is 25.6 Å². The summed E-state index contributed by atoms with van der Waals surface area (Å²) in [6.45, 7) is 6.55. The number of morpholine rings is 1. The number of hydrogen-bond donors (Lipinski definition) is 0. The van der Waals surface area contributed by atoms with E-state index in [1.807, 2.05) is 18.7 Å². The van der Waals surface area contributed by atoms with Gasteiger partial charge in [-0.2, -0.15) is 13.2 Å². The van der Waals surface area contributed by atoms with Gasteiger partial charge in [-0.1, -0.05) is 0 Å². The van der Waals surface area contributed by atoms with Gasteiger partial charge in [-0.25, -0.2) is 0 Å². The van der Waals surface area contributed by atoms with E-state index in [0.29, 0.717) is 45.9 Å². The first-order chi connectivity index (χ1) is 10.2. The third-order valence-corrected chi connectivity index (χ3v) is 4.25. The molecule has 0 bridgehead atoms. The Morgan fingerprint density at radius 3 is 2.32 bits per heavy atom. The quantitative estimate of drug-likeness (QED) is 0.770. The predicted octanol–water partition coefficient (Wildman–Crippen LogP) is 0.804. The van der Waals surface area contributed by atoms with Crippen LogP contribution in [0.2, 0.25) is 0 Å². The van der Waals surface area contributed by atoms with Crippen LogP contribution in [0.25, 0.3) is 0 Å². The summed E-state index contributed by atoms with van der Waals surface area (Å²) in [5.74, 6) is 0.0284. The van der Waals surface area contributed by atoms with Crippen molar-refractivity contribution in [3.8, 4) is 0 Å². The summed E-state index contributed by atoms with van der Waals surface area (Å²) in [6.07, 6.45) is -4.18. The molecule has 0 aromatic carbocycles. The molecule has 0 radical (unpaired) electrons. The third kappa shape index (κ3) is 4.82. The average Bonchev–Trinajstić information content (AvgIpc) is 2.40. The molecular formula is C14H24F3N3O2. The van der Waals surface area contributed by atoms with Gasteiger partial charge in [-0.05, 0) is 13.8 Å². The van der Waals surface area contributed by atoms with Crippen molar-refractivity contribution in [1.82, 2.24) is 14.7 Å². The number of rotatable bonds is 3. The van der Waals surface area contributed by atoms with Crippen molar-refractivity contribution < 1.29 is 22.7 Å². The first-order valence-corrected chi connectivity index (χ1v) is 7.57. The van der Waals surface area contributed by atoms with Gasteiger partial charge < -0.3 is 9.64 Å². The minimum Gasteiger partial charge on any atom is -0.378 e. The zero-order valence-corrected chi connectivity index (χ0v) is 13.2. The summed E-state index contributed by atoms with van der Waals surface area (Å²) >= 11 is 0. The van der Waals surface area contributed by atoms with Gasteiger partial charge in [0.2, 0.25) is 5.91 Å². The van der Waals surface area contributed by atoms with Gasteiger partial charge in [0.25, 0.3) is 0 Å². The number of carbonyl (C=O) groups excluding carboxylic acids is 1. The van der Waals surface area contributed by atoms with Gasteiger partial charge in [0.15, 0.2) is 0 Å². The van der Waals surface area contributed by atoms with Crippen LogP contribution < -0.4 is 0 Å². The van der Waals surface area contributed by atoms with E-state index in [0.717, 1.165) is 0 Å². The van der Waals surface area contributed by atoms with E-state index in [9.17, 15) is 18.0 Å². The molecule has 128 valence electrons. The van der Waals surface area contributed by atoms with Crippen LogP contribution >= 0.6 is 0 Å². The van der Waals surface area contributed by atoms with E-state index in [4.69, 9.17) is 4.74 Å². The summed E-state index contributed by atoms with van der Waals surface area (Å²) < 4.78 is 42.8. The van der Waals surface area contributed by atoms with E-state index in [2.05, 4.69) is 0 Å². The van der Waals surface area contributed by atoms with Crippen LogP contribution in [0, 0.1) is 0 Å². The van der Waals surface area contributed by atoms with Crippen LogP contribution in [0.15, 0.2) is 0 Å². The molecule has 0 saturated carbocycles. The maximum absolute atomic E-state index is 12.5. The van der Waals surface area contributed by atoms with Crippen molar-refractivity contribution in [3.63, 3.8) is 0 Å². The molecule has 5 nitrogen and oxygen atoms in total. The highest BCUT2D eigenvalue weighted by Crippen LogP contribution is 2.24. The minimum absolute atomic E-state index is 0.0284. The Labute approximate surface area is 129 Å². The van der Waals surface area contributed by atoms with Crippen molar-refractivity contribution in [2.24, 2.45) is 0 Å². The molecule has 22 heavy (non-hydrogen) atoms. The van der Waals surface area contributed by atoms with E-state index < -0.39 is 18.3 Å². The summed E-state index contributed by atoms with van der Waals surface area (Å²) in [5.41, 5.74) is -0.453. The Morgan fingerprint density at radius 2 is 1.77 bits per heavy atom. The smallest absolute Gasteiger partial charge is 0.378 e. The lowest BCUT2D eigenvalue weighted by Gasteiger charge is -2.47. The van der Waals surface area contributed by atoms with Gasteiger partial charge in [0, 0.05) is 38.3 Å². The largest absolute Gasteiger partial charge is 0.401 e. The molecule has 2 rings (SSSR count). The maximum Gasteiger partial charge on any atom is 0.401 e. The van der Waals surface area contributed by atoms with Crippen LogP contribution in [-0.4, -0.2) is 91.3 Å². The zero-order valence-electron chi connectivity index (χ0n) is 13.2.